The summed E-state index contributed by atoms with van der Waals surface area (Å²) in [6.45, 7) is 7.08. The second-order valence-electron chi connectivity index (χ2n) is 10.4. The van der Waals surface area contributed by atoms with Gasteiger partial charge >= 0.3 is 0 Å². The average molecular weight is 547 g/mol. The fourth-order valence-corrected chi connectivity index (χ4v) is 6.01. The highest BCUT2D eigenvalue weighted by atomic mass is 35.5. The smallest absolute Gasteiger partial charge is 0.265 e. The molecule has 1 aliphatic carbocycles. The lowest BCUT2D eigenvalue weighted by atomic mass is 9.95. The first kappa shape index (κ1) is 24.9. The minimum Gasteiger partial charge on any atom is -0.474 e. The number of aryl methyl sites for hydroxylation is 1. The maximum Gasteiger partial charge on any atom is 0.265 e. The maximum atomic E-state index is 13.3. The summed E-state index contributed by atoms with van der Waals surface area (Å²) in [6.07, 6.45) is 3.37. The Bertz CT molecular complexity index is 1490. The minimum absolute atomic E-state index is 0.00293. The molecule has 0 spiro atoms. The fourth-order valence-electron chi connectivity index (χ4n) is 4.90. The minimum atomic E-state index is -0.554. The van der Waals surface area contributed by atoms with Gasteiger partial charge in [0.15, 0.2) is 10.8 Å². The molecule has 0 bridgehead atoms. The largest absolute Gasteiger partial charge is 0.474 e. The zero-order valence-corrected chi connectivity index (χ0v) is 22.8. The van der Waals surface area contributed by atoms with Gasteiger partial charge < -0.3 is 15.4 Å². The van der Waals surface area contributed by atoms with Crippen LogP contribution >= 0.6 is 22.9 Å². The number of amides is 1. The first-order valence-electron chi connectivity index (χ1n) is 12.5. The van der Waals surface area contributed by atoms with Gasteiger partial charge in [-0.15, -0.1) is 11.3 Å². The van der Waals surface area contributed by atoms with Crippen LogP contribution in [0.25, 0.3) is 22.1 Å². The monoisotopic (exact) mass is 546 g/mol. The number of fused-ring (bicyclic) bond motifs is 1. The zero-order valence-electron chi connectivity index (χ0n) is 21.3. The van der Waals surface area contributed by atoms with Gasteiger partial charge in [-0.05, 0) is 50.6 Å². The van der Waals surface area contributed by atoms with Crippen molar-refractivity contribution < 1.29 is 9.53 Å². The van der Waals surface area contributed by atoms with Crippen molar-refractivity contribution in [2.45, 2.75) is 32.4 Å². The third kappa shape index (κ3) is 4.77. The number of hydrogen-bond donors (Lipinski definition) is 1. The number of hydrogen-bond acceptors (Lipinski definition) is 8. The van der Waals surface area contributed by atoms with Crippen molar-refractivity contribution in [1.82, 2.24) is 24.8 Å². The summed E-state index contributed by atoms with van der Waals surface area (Å²) in [5.41, 5.74) is 9.25. The molecular formula is C28H27ClN6O2S. The van der Waals surface area contributed by atoms with Gasteiger partial charge in [-0.1, -0.05) is 23.7 Å². The SMILES string of the molecule is Cc1nc(-c2ncccn2)sc1C(=O)N1CC2C(C1)C2Oc1cc(C(C)(C)N)cc(-c2ccc(Cl)cc2)n1. The average Bonchev–Trinajstić information content (AvgIpc) is 3.22. The molecule has 6 rings (SSSR count). The van der Waals surface area contributed by atoms with Crippen LogP contribution in [0.2, 0.25) is 5.02 Å². The Morgan fingerprint density at radius 3 is 2.45 bits per heavy atom. The number of thiazole rings is 1. The van der Waals surface area contributed by atoms with E-state index in [2.05, 4.69) is 15.0 Å². The van der Waals surface area contributed by atoms with E-state index in [1.54, 1.807) is 18.5 Å². The highest BCUT2D eigenvalue weighted by Crippen LogP contribution is 2.48. The summed E-state index contributed by atoms with van der Waals surface area (Å²) < 4.78 is 6.38. The fraction of sp³-hybridized carbons (Fsp3) is 0.321. The van der Waals surface area contributed by atoms with Crippen molar-refractivity contribution >= 4 is 28.8 Å². The molecule has 1 saturated carbocycles. The number of nitrogens with two attached hydrogens (primary N) is 1. The number of ether oxygens (including phenoxy) is 1. The van der Waals surface area contributed by atoms with Crippen molar-refractivity contribution in [2.75, 3.05) is 13.1 Å². The molecule has 1 amide bonds. The predicted molar refractivity (Wildman–Crippen MR) is 147 cm³/mol. The maximum absolute atomic E-state index is 13.3. The number of pyridine rings is 1. The second kappa shape index (κ2) is 9.41. The van der Waals surface area contributed by atoms with E-state index in [4.69, 9.17) is 27.1 Å². The van der Waals surface area contributed by atoms with Crippen LogP contribution in [0.4, 0.5) is 0 Å². The molecule has 2 aliphatic rings. The van der Waals surface area contributed by atoms with Crippen LogP contribution in [0.3, 0.4) is 0 Å². The van der Waals surface area contributed by atoms with Crippen LogP contribution in [-0.2, 0) is 5.54 Å². The van der Waals surface area contributed by atoms with E-state index in [0.717, 1.165) is 16.8 Å². The molecule has 2 N–H and O–H groups in total. The van der Waals surface area contributed by atoms with Gasteiger partial charge in [-0.3, -0.25) is 4.79 Å². The molecule has 4 aromatic rings. The topological polar surface area (TPSA) is 107 Å². The Kier molecular flexibility index (Phi) is 6.17. The lowest BCUT2D eigenvalue weighted by molar-refractivity contribution is 0.0755. The number of carbonyl (C=O) groups is 1. The first-order chi connectivity index (χ1) is 18.2. The highest BCUT2D eigenvalue weighted by molar-refractivity contribution is 7.17. The van der Waals surface area contributed by atoms with Gasteiger partial charge in [0.2, 0.25) is 5.88 Å². The molecule has 10 heteroatoms. The molecule has 1 saturated heterocycles. The number of likely N-dealkylation sites (tertiary alicyclic amines) is 1. The second-order valence-corrected chi connectivity index (χ2v) is 11.9. The van der Waals surface area contributed by atoms with Gasteiger partial charge in [0.05, 0.1) is 11.4 Å². The van der Waals surface area contributed by atoms with E-state index in [9.17, 15) is 4.79 Å². The summed E-state index contributed by atoms with van der Waals surface area (Å²) in [4.78, 5) is 33.7. The number of rotatable bonds is 6. The molecule has 2 atom stereocenters. The number of carbonyl (C=O) groups excluding carboxylic acids is 1. The van der Waals surface area contributed by atoms with Crippen molar-refractivity contribution in [3.05, 3.63) is 76.0 Å². The first-order valence-corrected chi connectivity index (χ1v) is 13.6. The standard InChI is InChI=1S/C28H27ClN6O2S/c1-15-24(38-26(33-15)25-31-9-4-10-32-25)27(36)35-13-19-20(14-35)23(19)37-22-12-17(28(2,3)30)11-21(34-22)16-5-7-18(29)8-6-16/h4-12,19-20,23H,13-14,30H2,1-3H3. The number of nitrogens with zero attached hydrogens (tertiary/aromatic N) is 5. The van der Waals surface area contributed by atoms with Crippen molar-refractivity contribution in [2.24, 2.45) is 17.6 Å². The predicted octanol–water partition coefficient (Wildman–Crippen LogP) is 4.97. The third-order valence-electron chi connectivity index (χ3n) is 7.09. The Labute approximate surface area is 229 Å². The van der Waals surface area contributed by atoms with Crippen LogP contribution in [0.5, 0.6) is 5.88 Å². The Morgan fingerprint density at radius 1 is 1.11 bits per heavy atom. The summed E-state index contributed by atoms with van der Waals surface area (Å²) in [6, 6.07) is 13.2. The quantitative estimate of drug-likeness (QED) is 0.364. The van der Waals surface area contributed by atoms with Gasteiger partial charge in [-0.25, -0.2) is 19.9 Å². The summed E-state index contributed by atoms with van der Waals surface area (Å²) in [5, 5.41) is 1.32. The van der Waals surface area contributed by atoms with Crippen molar-refractivity contribution in [1.29, 1.82) is 0 Å². The van der Waals surface area contributed by atoms with Gasteiger partial charge in [-0.2, -0.15) is 0 Å². The van der Waals surface area contributed by atoms with Crippen LogP contribution in [0.15, 0.2) is 54.9 Å². The third-order valence-corrected chi connectivity index (χ3v) is 8.49. The summed E-state index contributed by atoms with van der Waals surface area (Å²) >= 11 is 7.42. The van der Waals surface area contributed by atoms with E-state index >= 15 is 0 Å². The van der Waals surface area contributed by atoms with Crippen LogP contribution in [0.1, 0.15) is 34.8 Å². The normalized spacial score (nSPS) is 20.3. The molecule has 4 heterocycles. The number of aromatic nitrogens is 4. The molecule has 0 radical (unpaired) electrons. The lowest BCUT2D eigenvalue weighted by Gasteiger charge is -2.22. The van der Waals surface area contributed by atoms with Gasteiger partial charge in [0.1, 0.15) is 11.0 Å². The summed E-state index contributed by atoms with van der Waals surface area (Å²) in [7, 11) is 0. The van der Waals surface area contributed by atoms with E-state index in [1.165, 1.54) is 11.3 Å². The van der Waals surface area contributed by atoms with E-state index in [0.29, 0.717) is 45.4 Å². The Morgan fingerprint density at radius 2 is 1.79 bits per heavy atom. The molecule has 2 fully saturated rings. The molecule has 38 heavy (non-hydrogen) atoms. The molecule has 2 unspecified atom stereocenters. The molecule has 8 nitrogen and oxygen atoms in total. The molecule has 194 valence electrons. The van der Waals surface area contributed by atoms with E-state index < -0.39 is 5.54 Å². The van der Waals surface area contributed by atoms with Crippen molar-refractivity contribution in [3.63, 3.8) is 0 Å². The van der Waals surface area contributed by atoms with Crippen LogP contribution in [-0.4, -0.2) is 49.9 Å². The highest BCUT2D eigenvalue weighted by Gasteiger charge is 2.59. The Balaban J connectivity index is 1.16. The van der Waals surface area contributed by atoms with Crippen LogP contribution < -0.4 is 10.5 Å². The van der Waals surface area contributed by atoms with E-state index in [-0.39, 0.29) is 23.8 Å². The Hall–Kier alpha value is -3.40. The number of piperidine rings is 1. The number of benzene rings is 1. The summed E-state index contributed by atoms with van der Waals surface area (Å²) in [5.74, 6) is 1.64. The molecule has 3 aromatic heterocycles. The van der Waals surface area contributed by atoms with Crippen LogP contribution in [0, 0.1) is 18.8 Å². The molecule has 1 aromatic carbocycles. The van der Waals surface area contributed by atoms with Crippen molar-refractivity contribution in [3.8, 4) is 28.0 Å². The van der Waals surface area contributed by atoms with Gasteiger partial charge in [0, 0.05) is 59.5 Å². The van der Waals surface area contributed by atoms with Gasteiger partial charge in [0.25, 0.3) is 5.91 Å². The lowest BCUT2D eigenvalue weighted by Crippen LogP contribution is -2.33. The molecular weight excluding hydrogens is 520 g/mol. The zero-order chi connectivity index (χ0) is 26.6. The number of halogens is 1. The van der Waals surface area contributed by atoms with E-state index in [1.807, 2.05) is 62.1 Å². The molecule has 1 aliphatic heterocycles.